The SMILES string of the molecule is CCC(CC)CC(N)C(CC)(CC)N(CC)CC. The van der Waals surface area contributed by atoms with Crippen molar-refractivity contribution in [2.75, 3.05) is 13.1 Å². The maximum absolute atomic E-state index is 6.64. The van der Waals surface area contributed by atoms with Crippen LogP contribution in [0.25, 0.3) is 0 Å². The van der Waals surface area contributed by atoms with Crippen LogP contribution in [-0.2, 0) is 0 Å². The summed E-state index contributed by atoms with van der Waals surface area (Å²) in [4.78, 5) is 2.58. The van der Waals surface area contributed by atoms with E-state index in [0.717, 1.165) is 31.8 Å². The molecule has 0 saturated heterocycles. The molecule has 0 heterocycles. The third-order valence-corrected chi connectivity index (χ3v) is 5.05. The summed E-state index contributed by atoms with van der Waals surface area (Å²) in [5, 5.41) is 0. The topological polar surface area (TPSA) is 29.3 Å². The highest BCUT2D eigenvalue weighted by molar-refractivity contribution is 4.97. The Morgan fingerprint density at radius 3 is 1.61 bits per heavy atom. The second-order valence-electron chi connectivity index (χ2n) is 5.51. The molecule has 1 unspecified atom stereocenters. The van der Waals surface area contributed by atoms with E-state index in [9.17, 15) is 0 Å². The summed E-state index contributed by atoms with van der Waals surface area (Å²) in [6, 6.07) is 0.303. The third-order valence-electron chi connectivity index (χ3n) is 5.05. The van der Waals surface area contributed by atoms with E-state index in [0.29, 0.717) is 6.04 Å². The summed E-state index contributed by atoms with van der Waals surface area (Å²) < 4.78 is 0. The second kappa shape index (κ2) is 8.92. The lowest BCUT2D eigenvalue weighted by Gasteiger charge is -2.47. The fraction of sp³-hybridized carbons (Fsp3) is 1.00. The number of hydrogen-bond donors (Lipinski definition) is 1. The predicted octanol–water partition coefficient (Wildman–Crippen LogP) is 4.04. The third kappa shape index (κ3) is 3.96. The van der Waals surface area contributed by atoms with E-state index in [1.807, 2.05) is 0 Å². The number of nitrogens with two attached hydrogens (primary N) is 1. The van der Waals surface area contributed by atoms with Crippen LogP contribution in [-0.4, -0.2) is 29.6 Å². The van der Waals surface area contributed by atoms with E-state index in [-0.39, 0.29) is 5.54 Å². The van der Waals surface area contributed by atoms with Gasteiger partial charge in [0, 0.05) is 11.6 Å². The fourth-order valence-electron chi connectivity index (χ4n) is 3.51. The maximum Gasteiger partial charge on any atom is 0.0355 e. The van der Waals surface area contributed by atoms with Crippen LogP contribution in [0.5, 0.6) is 0 Å². The molecule has 0 bridgehead atoms. The molecule has 2 nitrogen and oxygen atoms in total. The van der Waals surface area contributed by atoms with Crippen molar-refractivity contribution in [1.29, 1.82) is 0 Å². The van der Waals surface area contributed by atoms with Crippen LogP contribution < -0.4 is 5.73 Å². The first kappa shape index (κ1) is 17.9. The number of rotatable bonds is 10. The van der Waals surface area contributed by atoms with E-state index < -0.39 is 0 Å². The Morgan fingerprint density at radius 2 is 1.33 bits per heavy atom. The van der Waals surface area contributed by atoms with Crippen LogP contribution in [0.4, 0.5) is 0 Å². The Bertz CT molecular complexity index is 191. The minimum absolute atomic E-state index is 0.200. The molecule has 110 valence electrons. The number of likely N-dealkylation sites (N-methyl/N-ethyl adjacent to an activating group) is 1. The minimum Gasteiger partial charge on any atom is -0.326 e. The van der Waals surface area contributed by atoms with Crippen molar-refractivity contribution in [3.8, 4) is 0 Å². The molecule has 0 aromatic heterocycles. The smallest absolute Gasteiger partial charge is 0.0355 e. The van der Waals surface area contributed by atoms with Crippen molar-refractivity contribution in [2.45, 2.75) is 85.2 Å². The molecule has 0 saturated carbocycles. The summed E-state index contributed by atoms with van der Waals surface area (Å²) >= 11 is 0. The second-order valence-corrected chi connectivity index (χ2v) is 5.51. The predicted molar refractivity (Wildman–Crippen MR) is 82.9 cm³/mol. The highest BCUT2D eigenvalue weighted by Crippen LogP contribution is 2.31. The first-order chi connectivity index (χ1) is 8.55. The molecule has 0 fully saturated rings. The Kier molecular flexibility index (Phi) is 8.89. The molecule has 0 aliphatic heterocycles. The highest BCUT2D eigenvalue weighted by atomic mass is 15.2. The van der Waals surface area contributed by atoms with Crippen molar-refractivity contribution in [2.24, 2.45) is 11.7 Å². The maximum atomic E-state index is 6.64. The molecule has 0 aliphatic carbocycles. The van der Waals surface area contributed by atoms with E-state index in [1.165, 1.54) is 19.3 Å². The van der Waals surface area contributed by atoms with Gasteiger partial charge in [0.05, 0.1) is 0 Å². The van der Waals surface area contributed by atoms with Crippen LogP contribution >= 0.6 is 0 Å². The van der Waals surface area contributed by atoms with Gasteiger partial charge < -0.3 is 5.73 Å². The first-order valence-corrected chi connectivity index (χ1v) is 8.06. The van der Waals surface area contributed by atoms with Gasteiger partial charge in [0.25, 0.3) is 0 Å². The first-order valence-electron chi connectivity index (χ1n) is 8.06. The van der Waals surface area contributed by atoms with E-state index >= 15 is 0 Å². The zero-order chi connectivity index (χ0) is 14.2. The van der Waals surface area contributed by atoms with Crippen molar-refractivity contribution >= 4 is 0 Å². The van der Waals surface area contributed by atoms with E-state index in [4.69, 9.17) is 5.73 Å². The zero-order valence-electron chi connectivity index (χ0n) is 13.6. The van der Waals surface area contributed by atoms with Crippen molar-refractivity contribution in [3.05, 3.63) is 0 Å². The standard InChI is InChI=1S/C16H36N2/c1-7-14(8-2)13-15(17)16(9-3,10-4)18(11-5)12-6/h14-15H,7-13,17H2,1-6H3. The van der Waals surface area contributed by atoms with Gasteiger partial charge in [0.1, 0.15) is 0 Å². The van der Waals surface area contributed by atoms with Gasteiger partial charge >= 0.3 is 0 Å². The van der Waals surface area contributed by atoms with Crippen LogP contribution in [0.2, 0.25) is 0 Å². The van der Waals surface area contributed by atoms with Crippen LogP contribution in [0, 0.1) is 5.92 Å². The van der Waals surface area contributed by atoms with Gasteiger partial charge in [-0.25, -0.2) is 0 Å². The molecule has 0 aliphatic rings. The molecule has 2 N–H and O–H groups in total. The molecule has 0 radical (unpaired) electrons. The lowest BCUT2D eigenvalue weighted by molar-refractivity contribution is 0.0537. The van der Waals surface area contributed by atoms with E-state index in [1.54, 1.807) is 0 Å². The van der Waals surface area contributed by atoms with E-state index in [2.05, 4.69) is 46.4 Å². The number of nitrogens with zero attached hydrogens (tertiary/aromatic N) is 1. The summed E-state index contributed by atoms with van der Waals surface area (Å²) in [5.41, 5.74) is 6.84. The summed E-state index contributed by atoms with van der Waals surface area (Å²) in [7, 11) is 0. The van der Waals surface area contributed by atoms with Crippen LogP contribution in [0.3, 0.4) is 0 Å². The molecule has 0 spiro atoms. The average molecular weight is 256 g/mol. The Morgan fingerprint density at radius 1 is 0.889 bits per heavy atom. The van der Waals surface area contributed by atoms with Gasteiger partial charge in [0.15, 0.2) is 0 Å². The van der Waals surface area contributed by atoms with Gasteiger partial charge in [-0.05, 0) is 38.3 Å². The van der Waals surface area contributed by atoms with Gasteiger partial charge in [0.2, 0.25) is 0 Å². The molecule has 2 heteroatoms. The highest BCUT2D eigenvalue weighted by Gasteiger charge is 2.38. The Labute approximate surface area is 115 Å². The summed E-state index contributed by atoms with van der Waals surface area (Å²) in [6.45, 7) is 15.9. The molecular formula is C16H36N2. The Balaban J connectivity index is 4.95. The Hall–Kier alpha value is -0.0800. The molecule has 0 aromatic carbocycles. The van der Waals surface area contributed by atoms with Crippen molar-refractivity contribution in [1.82, 2.24) is 4.90 Å². The van der Waals surface area contributed by atoms with Crippen LogP contribution in [0.1, 0.15) is 73.6 Å². The molecule has 18 heavy (non-hydrogen) atoms. The number of hydrogen-bond acceptors (Lipinski definition) is 2. The monoisotopic (exact) mass is 256 g/mol. The molecule has 0 aromatic rings. The van der Waals surface area contributed by atoms with Gasteiger partial charge in [-0.3, -0.25) is 4.90 Å². The van der Waals surface area contributed by atoms with Gasteiger partial charge in [-0.2, -0.15) is 0 Å². The molecular weight excluding hydrogens is 220 g/mol. The fourth-order valence-corrected chi connectivity index (χ4v) is 3.51. The zero-order valence-corrected chi connectivity index (χ0v) is 13.6. The van der Waals surface area contributed by atoms with Crippen LogP contribution in [0.15, 0.2) is 0 Å². The van der Waals surface area contributed by atoms with Crippen molar-refractivity contribution in [3.63, 3.8) is 0 Å². The average Bonchev–Trinajstić information content (AvgIpc) is 2.41. The van der Waals surface area contributed by atoms with Gasteiger partial charge in [-0.15, -0.1) is 0 Å². The molecule has 0 amide bonds. The lowest BCUT2D eigenvalue weighted by Crippen LogP contribution is -2.59. The van der Waals surface area contributed by atoms with Crippen molar-refractivity contribution < 1.29 is 0 Å². The normalized spacial score (nSPS) is 14.5. The largest absolute Gasteiger partial charge is 0.326 e. The quantitative estimate of drug-likeness (QED) is 0.639. The summed E-state index contributed by atoms with van der Waals surface area (Å²) in [6.07, 6.45) is 6.00. The minimum atomic E-state index is 0.200. The molecule has 0 rings (SSSR count). The lowest BCUT2D eigenvalue weighted by atomic mass is 9.78. The molecule has 1 atom stereocenters. The summed E-state index contributed by atoms with van der Waals surface area (Å²) in [5.74, 6) is 0.785. The van der Waals surface area contributed by atoms with Gasteiger partial charge in [-0.1, -0.05) is 54.4 Å².